The fourth-order valence-electron chi connectivity index (χ4n) is 3.30. The van der Waals surface area contributed by atoms with Crippen LogP contribution in [0.1, 0.15) is 46.9 Å². The second kappa shape index (κ2) is 7.04. The molecule has 1 aromatic carbocycles. The molecule has 0 spiro atoms. The molecule has 0 aromatic heterocycles. The van der Waals surface area contributed by atoms with Crippen molar-refractivity contribution in [3.63, 3.8) is 0 Å². The summed E-state index contributed by atoms with van der Waals surface area (Å²) >= 11 is 0. The van der Waals surface area contributed by atoms with Crippen molar-refractivity contribution in [2.45, 2.75) is 32.2 Å². The van der Waals surface area contributed by atoms with Crippen LogP contribution >= 0.6 is 0 Å². The van der Waals surface area contributed by atoms with Crippen molar-refractivity contribution in [3.05, 3.63) is 35.4 Å². The topological polar surface area (TPSA) is 86.8 Å². The van der Waals surface area contributed by atoms with Crippen LogP contribution < -0.4 is 5.32 Å². The van der Waals surface area contributed by atoms with Crippen molar-refractivity contribution < 1.29 is 19.2 Å². The molecule has 4 amide bonds. The molecular weight excluding hydrogens is 322 g/mol. The third-order valence-corrected chi connectivity index (χ3v) is 4.70. The predicted molar refractivity (Wildman–Crippen MR) is 89.8 cm³/mol. The van der Waals surface area contributed by atoms with Gasteiger partial charge in [0.1, 0.15) is 6.54 Å². The summed E-state index contributed by atoms with van der Waals surface area (Å²) in [5.41, 5.74) is 0.679. The van der Waals surface area contributed by atoms with Gasteiger partial charge in [-0.05, 0) is 25.0 Å². The summed E-state index contributed by atoms with van der Waals surface area (Å²) in [6.07, 6.45) is 1.84. The highest BCUT2D eigenvalue weighted by atomic mass is 16.2. The molecule has 2 heterocycles. The van der Waals surface area contributed by atoms with Crippen molar-refractivity contribution in [1.82, 2.24) is 15.1 Å². The first-order chi connectivity index (χ1) is 12.0. The first-order valence-corrected chi connectivity index (χ1v) is 8.53. The molecule has 1 N–H and O–H groups in total. The Hall–Kier alpha value is -2.70. The van der Waals surface area contributed by atoms with E-state index >= 15 is 0 Å². The smallest absolute Gasteiger partial charge is 0.262 e. The Morgan fingerprint density at radius 3 is 2.16 bits per heavy atom. The molecule has 7 nitrogen and oxygen atoms in total. The Morgan fingerprint density at radius 2 is 1.64 bits per heavy atom. The largest absolute Gasteiger partial charge is 0.352 e. The number of hydrogen-bond acceptors (Lipinski definition) is 4. The quantitative estimate of drug-likeness (QED) is 0.819. The van der Waals surface area contributed by atoms with Crippen molar-refractivity contribution in [1.29, 1.82) is 0 Å². The number of nitrogens with zero attached hydrogens (tertiary/aromatic N) is 2. The van der Waals surface area contributed by atoms with Gasteiger partial charge in [0.25, 0.3) is 11.8 Å². The lowest BCUT2D eigenvalue weighted by Gasteiger charge is -2.32. The van der Waals surface area contributed by atoms with Gasteiger partial charge in [-0.3, -0.25) is 24.1 Å². The van der Waals surface area contributed by atoms with Gasteiger partial charge in [0.15, 0.2) is 0 Å². The van der Waals surface area contributed by atoms with E-state index in [1.807, 2.05) is 6.92 Å². The zero-order chi connectivity index (χ0) is 18.0. The van der Waals surface area contributed by atoms with Gasteiger partial charge < -0.3 is 10.2 Å². The molecule has 0 unspecified atom stereocenters. The first kappa shape index (κ1) is 17.1. The van der Waals surface area contributed by atoms with E-state index in [1.54, 1.807) is 29.2 Å². The monoisotopic (exact) mass is 343 g/mol. The highest BCUT2D eigenvalue weighted by molar-refractivity contribution is 6.22. The number of rotatable bonds is 4. The molecule has 1 fully saturated rings. The maximum absolute atomic E-state index is 12.3. The van der Waals surface area contributed by atoms with E-state index in [2.05, 4.69) is 5.32 Å². The molecular formula is C18H21N3O4. The zero-order valence-electron chi connectivity index (χ0n) is 14.2. The number of fused-ring (bicyclic) bond motifs is 1. The van der Waals surface area contributed by atoms with Gasteiger partial charge in [-0.15, -0.1) is 0 Å². The van der Waals surface area contributed by atoms with E-state index in [4.69, 9.17) is 0 Å². The molecule has 0 aliphatic carbocycles. The first-order valence-electron chi connectivity index (χ1n) is 8.53. The summed E-state index contributed by atoms with van der Waals surface area (Å²) in [4.78, 5) is 51.2. The SMILES string of the molecule is CCC(=O)N1CCC(NC(=O)CN2C(=O)c3ccccc3C2=O)CC1. The van der Waals surface area contributed by atoms with Crippen LogP contribution in [0.4, 0.5) is 0 Å². The summed E-state index contributed by atoms with van der Waals surface area (Å²) in [5, 5.41) is 2.87. The second-order valence-corrected chi connectivity index (χ2v) is 6.32. The Kier molecular flexibility index (Phi) is 4.83. The van der Waals surface area contributed by atoms with Gasteiger partial charge in [0, 0.05) is 25.6 Å². The molecule has 132 valence electrons. The third kappa shape index (κ3) is 3.40. The number of likely N-dealkylation sites (tertiary alicyclic amines) is 1. The fraction of sp³-hybridized carbons (Fsp3) is 0.444. The highest BCUT2D eigenvalue weighted by Crippen LogP contribution is 2.22. The lowest BCUT2D eigenvalue weighted by atomic mass is 10.0. The Balaban J connectivity index is 1.54. The van der Waals surface area contributed by atoms with Gasteiger partial charge in [-0.1, -0.05) is 19.1 Å². The number of carbonyl (C=O) groups is 4. The summed E-state index contributed by atoms with van der Waals surface area (Å²) in [6.45, 7) is 2.79. The van der Waals surface area contributed by atoms with Gasteiger partial charge in [-0.2, -0.15) is 0 Å². The van der Waals surface area contributed by atoms with E-state index in [0.29, 0.717) is 43.5 Å². The molecule has 0 saturated carbocycles. The molecule has 1 saturated heterocycles. The number of piperidine rings is 1. The minimum atomic E-state index is -0.431. The van der Waals surface area contributed by atoms with E-state index in [1.165, 1.54) is 0 Å². The van der Waals surface area contributed by atoms with Crippen LogP contribution in [0.2, 0.25) is 0 Å². The van der Waals surface area contributed by atoms with Crippen molar-refractivity contribution in [2.75, 3.05) is 19.6 Å². The summed E-state index contributed by atoms with van der Waals surface area (Å²) in [5.74, 6) is -1.09. The van der Waals surface area contributed by atoms with E-state index < -0.39 is 11.8 Å². The maximum Gasteiger partial charge on any atom is 0.262 e. The fourth-order valence-corrected chi connectivity index (χ4v) is 3.30. The van der Waals surface area contributed by atoms with E-state index in [0.717, 1.165) is 4.90 Å². The molecule has 1 aromatic rings. The zero-order valence-corrected chi connectivity index (χ0v) is 14.2. The van der Waals surface area contributed by atoms with Crippen molar-refractivity contribution in [3.8, 4) is 0 Å². The Bertz CT molecular complexity index is 688. The van der Waals surface area contributed by atoms with Gasteiger partial charge >= 0.3 is 0 Å². The average molecular weight is 343 g/mol. The number of carbonyl (C=O) groups excluding carboxylic acids is 4. The van der Waals surface area contributed by atoms with Crippen LogP contribution in [0.25, 0.3) is 0 Å². The van der Waals surface area contributed by atoms with Crippen LogP contribution in [-0.4, -0.2) is 59.1 Å². The lowest BCUT2D eigenvalue weighted by Crippen LogP contribution is -2.49. The molecule has 0 atom stereocenters. The minimum Gasteiger partial charge on any atom is -0.352 e. The third-order valence-electron chi connectivity index (χ3n) is 4.70. The van der Waals surface area contributed by atoms with Gasteiger partial charge in [0.2, 0.25) is 11.8 Å². The van der Waals surface area contributed by atoms with Gasteiger partial charge in [0.05, 0.1) is 11.1 Å². The van der Waals surface area contributed by atoms with Crippen LogP contribution in [0.3, 0.4) is 0 Å². The Labute approximate surface area is 146 Å². The molecule has 25 heavy (non-hydrogen) atoms. The van der Waals surface area contributed by atoms with Crippen molar-refractivity contribution in [2.24, 2.45) is 0 Å². The molecule has 2 aliphatic rings. The lowest BCUT2D eigenvalue weighted by molar-refractivity contribution is -0.132. The number of imide groups is 1. The molecule has 0 radical (unpaired) electrons. The van der Waals surface area contributed by atoms with Crippen LogP contribution in [0.5, 0.6) is 0 Å². The minimum absolute atomic E-state index is 0.0383. The molecule has 3 rings (SSSR count). The van der Waals surface area contributed by atoms with Crippen LogP contribution in [0.15, 0.2) is 24.3 Å². The molecule has 7 heteroatoms. The average Bonchev–Trinajstić information content (AvgIpc) is 2.87. The molecule has 0 bridgehead atoms. The number of benzene rings is 1. The normalized spacial score (nSPS) is 17.6. The Morgan fingerprint density at radius 1 is 1.08 bits per heavy atom. The summed E-state index contributed by atoms with van der Waals surface area (Å²) in [6, 6.07) is 6.53. The van der Waals surface area contributed by atoms with Crippen LogP contribution in [0, 0.1) is 0 Å². The van der Waals surface area contributed by atoms with E-state index in [-0.39, 0.29) is 24.4 Å². The molecule has 2 aliphatic heterocycles. The second-order valence-electron chi connectivity index (χ2n) is 6.32. The summed E-state index contributed by atoms with van der Waals surface area (Å²) < 4.78 is 0. The standard InChI is InChI=1S/C18H21N3O4/c1-2-16(23)20-9-7-12(8-10-20)19-15(22)11-21-17(24)13-5-3-4-6-14(13)18(21)25/h3-6,12H,2,7-11H2,1H3,(H,19,22). The number of hydrogen-bond donors (Lipinski definition) is 1. The number of nitrogens with one attached hydrogen (secondary N) is 1. The van der Waals surface area contributed by atoms with Crippen molar-refractivity contribution >= 4 is 23.6 Å². The predicted octanol–water partition coefficient (Wildman–Crippen LogP) is 0.800. The summed E-state index contributed by atoms with van der Waals surface area (Å²) in [7, 11) is 0. The van der Waals surface area contributed by atoms with E-state index in [9.17, 15) is 19.2 Å². The van der Waals surface area contributed by atoms with Gasteiger partial charge in [-0.25, -0.2) is 0 Å². The number of amides is 4. The van der Waals surface area contributed by atoms with Crippen LogP contribution in [-0.2, 0) is 9.59 Å². The highest BCUT2D eigenvalue weighted by Gasteiger charge is 2.36. The maximum atomic E-state index is 12.3.